The van der Waals surface area contributed by atoms with E-state index < -0.39 is 5.60 Å². The summed E-state index contributed by atoms with van der Waals surface area (Å²) >= 11 is 0. The Balaban J connectivity index is 1.71. The first kappa shape index (κ1) is 15.7. The first-order chi connectivity index (χ1) is 14.3. The van der Waals surface area contributed by atoms with Crippen LogP contribution in [0.5, 0.6) is 0 Å². The molecule has 4 aliphatic rings. The molecule has 4 aromatic carbocycles. The third-order valence-corrected chi connectivity index (χ3v) is 7.37. The minimum absolute atomic E-state index is 0.169. The highest BCUT2D eigenvalue weighted by Crippen LogP contribution is 2.66. The molecule has 4 aromatic rings. The zero-order chi connectivity index (χ0) is 19.2. The van der Waals surface area contributed by atoms with Crippen molar-refractivity contribution in [2.24, 2.45) is 0 Å². The van der Waals surface area contributed by atoms with Crippen LogP contribution >= 0.6 is 0 Å². The van der Waals surface area contributed by atoms with Gasteiger partial charge in [-0.3, -0.25) is 0 Å². The van der Waals surface area contributed by atoms with Gasteiger partial charge in [-0.1, -0.05) is 91.0 Å². The number of hydrogen-bond donors (Lipinski definition) is 0. The molecule has 0 amide bonds. The van der Waals surface area contributed by atoms with Crippen LogP contribution in [0, 0.1) is 0 Å². The van der Waals surface area contributed by atoms with Gasteiger partial charge in [0.05, 0.1) is 6.61 Å². The van der Waals surface area contributed by atoms with Crippen molar-refractivity contribution in [3.63, 3.8) is 0 Å². The Hall–Kier alpha value is -3.16. The molecule has 0 fully saturated rings. The molecule has 1 nitrogen and oxygen atoms in total. The largest absolute Gasteiger partial charge is 0.356 e. The molecule has 1 aliphatic heterocycles. The van der Waals surface area contributed by atoms with E-state index in [0.717, 1.165) is 0 Å². The fourth-order valence-electron chi connectivity index (χ4n) is 6.22. The Morgan fingerprint density at radius 2 is 1.28 bits per heavy atom. The van der Waals surface area contributed by atoms with Crippen LogP contribution in [-0.2, 0) is 22.4 Å². The van der Waals surface area contributed by atoms with Crippen molar-refractivity contribution in [1.29, 1.82) is 0 Å². The van der Waals surface area contributed by atoms with Crippen LogP contribution < -0.4 is 0 Å². The van der Waals surface area contributed by atoms with Crippen LogP contribution in [0.4, 0.5) is 0 Å². The maximum atomic E-state index is 6.84. The van der Waals surface area contributed by atoms with Crippen LogP contribution in [0.1, 0.15) is 45.9 Å². The Kier molecular flexibility index (Phi) is 2.74. The maximum absolute atomic E-state index is 6.84. The fourth-order valence-corrected chi connectivity index (χ4v) is 6.22. The summed E-state index contributed by atoms with van der Waals surface area (Å²) < 4.78 is 6.84. The van der Waals surface area contributed by atoms with E-state index in [2.05, 4.69) is 97.9 Å². The molecule has 29 heavy (non-hydrogen) atoms. The number of benzene rings is 4. The highest BCUT2D eigenvalue weighted by molar-refractivity contribution is 5.83. The van der Waals surface area contributed by atoms with E-state index in [9.17, 15) is 0 Å². The van der Waals surface area contributed by atoms with Gasteiger partial charge in [0.2, 0.25) is 0 Å². The van der Waals surface area contributed by atoms with Gasteiger partial charge in [-0.2, -0.15) is 0 Å². The molecule has 2 unspecified atom stereocenters. The highest BCUT2D eigenvalue weighted by Gasteiger charge is 2.61. The van der Waals surface area contributed by atoms with Gasteiger partial charge in [0.15, 0.2) is 0 Å². The molecule has 2 bridgehead atoms. The van der Waals surface area contributed by atoms with Crippen molar-refractivity contribution in [3.05, 3.63) is 130 Å². The van der Waals surface area contributed by atoms with Gasteiger partial charge >= 0.3 is 0 Å². The third kappa shape index (κ3) is 1.61. The Morgan fingerprint density at radius 1 is 0.621 bits per heavy atom. The van der Waals surface area contributed by atoms with Crippen molar-refractivity contribution >= 4 is 0 Å². The second kappa shape index (κ2) is 5.06. The smallest absolute Gasteiger partial charge is 0.146 e. The zero-order valence-electron chi connectivity index (χ0n) is 16.3. The molecule has 3 aliphatic carbocycles. The molecular formula is C28H20O. The Labute approximate surface area is 170 Å². The standard InChI is InChI=1S/C28H20O/c1-27-21-13-5-6-14-22(21)28(25-19(17-29-28)11-7-15-23(25)27)26-20(12-8-16-24(26)27)18-9-3-2-4-10-18/h2-16H,17H2,1H3. The van der Waals surface area contributed by atoms with Crippen molar-refractivity contribution < 1.29 is 4.74 Å². The van der Waals surface area contributed by atoms with Crippen molar-refractivity contribution in [3.8, 4) is 11.1 Å². The van der Waals surface area contributed by atoms with E-state index in [-0.39, 0.29) is 5.41 Å². The molecule has 8 rings (SSSR count). The monoisotopic (exact) mass is 372 g/mol. The second-order valence-electron chi connectivity index (χ2n) is 8.57. The lowest BCUT2D eigenvalue weighted by atomic mass is 9.51. The van der Waals surface area contributed by atoms with E-state index >= 15 is 0 Å². The minimum Gasteiger partial charge on any atom is -0.356 e. The normalized spacial score (nSPS) is 24.7. The summed E-state index contributed by atoms with van der Waals surface area (Å²) in [7, 11) is 0. The predicted molar refractivity (Wildman–Crippen MR) is 115 cm³/mol. The summed E-state index contributed by atoms with van der Waals surface area (Å²) in [4.78, 5) is 0. The summed E-state index contributed by atoms with van der Waals surface area (Å²) in [5.41, 5.74) is 11.4. The molecular weight excluding hydrogens is 352 g/mol. The second-order valence-corrected chi connectivity index (χ2v) is 8.57. The molecule has 0 radical (unpaired) electrons. The lowest BCUT2D eigenvalue weighted by Gasteiger charge is -2.53. The molecule has 2 atom stereocenters. The number of hydrogen-bond acceptors (Lipinski definition) is 1. The molecule has 1 spiro atoms. The lowest BCUT2D eigenvalue weighted by Crippen LogP contribution is -2.49. The fraction of sp³-hybridized carbons (Fsp3) is 0.143. The van der Waals surface area contributed by atoms with Gasteiger partial charge in [0, 0.05) is 16.5 Å². The van der Waals surface area contributed by atoms with Gasteiger partial charge < -0.3 is 4.74 Å². The first-order valence-corrected chi connectivity index (χ1v) is 10.3. The summed E-state index contributed by atoms with van der Waals surface area (Å²) in [6.07, 6.45) is 0. The van der Waals surface area contributed by atoms with Crippen LogP contribution in [0.3, 0.4) is 0 Å². The molecule has 138 valence electrons. The van der Waals surface area contributed by atoms with E-state index in [1.54, 1.807) is 0 Å². The molecule has 1 heterocycles. The number of ether oxygens (including phenoxy) is 1. The van der Waals surface area contributed by atoms with Crippen LogP contribution in [0.25, 0.3) is 11.1 Å². The van der Waals surface area contributed by atoms with E-state index in [0.29, 0.717) is 6.61 Å². The Morgan fingerprint density at radius 3 is 2.10 bits per heavy atom. The first-order valence-electron chi connectivity index (χ1n) is 10.3. The molecule has 0 aromatic heterocycles. The van der Waals surface area contributed by atoms with Crippen molar-refractivity contribution in [2.75, 3.05) is 0 Å². The van der Waals surface area contributed by atoms with Gasteiger partial charge in [-0.15, -0.1) is 0 Å². The summed E-state index contributed by atoms with van der Waals surface area (Å²) in [5, 5.41) is 0. The van der Waals surface area contributed by atoms with Crippen LogP contribution in [0.2, 0.25) is 0 Å². The summed E-state index contributed by atoms with van der Waals surface area (Å²) in [5.74, 6) is 0. The zero-order valence-corrected chi connectivity index (χ0v) is 16.3. The van der Waals surface area contributed by atoms with Gasteiger partial charge in [-0.05, 0) is 45.9 Å². The van der Waals surface area contributed by atoms with Gasteiger partial charge in [0.25, 0.3) is 0 Å². The lowest BCUT2D eigenvalue weighted by molar-refractivity contribution is 0.0180. The average molecular weight is 372 g/mol. The van der Waals surface area contributed by atoms with Crippen molar-refractivity contribution in [1.82, 2.24) is 0 Å². The number of rotatable bonds is 1. The SMILES string of the molecule is CC12c3ccccc3C3(OCc4cccc1c43)c1c(-c3ccccc3)cccc12. The quantitative estimate of drug-likeness (QED) is 0.389. The van der Waals surface area contributed by atoms with Crippen LogP contribution in [-0.4, -0.2) is 0 Å². The van der Waals surface area contributed by atoms with Gasteiger partial charge in [0.1, 0.15) is 5.60 Å². The van der Waals surface area contributed by atoms with Gasteiger partial charge in [-0.25, -0.2) is 0 Å². The maximum Gasteiger partial charge on any atom is 0.146 e. The minimum atomic E-state index is -0.512. The Bertz CT molecular complexity index is 1320. The third-order valence-electron chi connectivity index (χ3n) is 7.37. The highest BCUT2D eigenvalue weighted by atomic mass is 16.5. The molecule has 0 saturated carbocycles. The summed E-state index contributed by atoms with van der Waals surface area (Å²) in [6.45, 7) is 3.06. The van der Waals surface area contributed by atoms with E-state index in [1.165, 1.54) is 50.1 Å². The molecule has 1 heteroatoms. The molecule has 0 N–H and O–H groups in total. The topological polar surface area (TPSA) is 9.23 Å². The summed E-state index contributed by atoms with van der Waals surface area (Å²) in [6, 6.07) is 33.2. The van der Waals surface area contributed by atoms with E-state index in [4.69, 9.17) is 4.74 Å². The van der Waals surface area contributed by atoms with Crippen molar-refractivity contribution in [2.45, 2.75) is 24.5 Å². The van der Waals surface area contributed by atoms with Crippen LogP contribution in [0.15, 0.2) is 91.0 Å². The average Bonchev–Trinajstić information content (AvgIpc) is 3.18. The molecule has 0 saturated heterocycles. The predicted octanol–water partition coefficient (Wildman–Crippen LogP) is 6.16. The van der Waals surface area contributed by atoms with E-state index in [1.807, 2.05) is 0 Å².